The highest BCUT2D eigenvalue weighted by Gasteiger charge is 2.23. The molecule has 1 atom stereocenters. The summed E-state index contributed by atoms with van der Waals surface area (Å²) in [6, 6.07) is 7.02. The number of nitrogens with zero attached hydrogens (tertiary/aromatic N) is 2. The molecule has 3 rings (SSSR count). The summed E-state index contributed by atoms with van der Waals surface area (Å²) in [6.45, 7) is 4.15. The van der Waals surface area contributed by atoms with Crippen molar-refractivity contribution in [2.45, 2.75) is 57.4 Å². The number of para-hydroxylation sites is 1. The fourth-order valence-electron chi connectivity index (χ4n) is 3.28. The van der Waals surface area contributed by atoms with Gasteiger partial charge in [0.2, 0.25) is 0 Å². The molecule has 0 radical (unpaired) electrons. The monoisotopic (exact) mass is 276 g/mol. The Balaban J connectivity index is 2.18. The lowest BCUT2D eigenvalue weighted by Gasteiger charge is -2.26. The molecular formula is C16H21ClN2. The molecule has 1 aliphatic rings. The summed E-state index contributed by atoms with van der Waals surface area (Å²) in [5.41, 5.74) is 3.62. The van der Waals surface area contributed by atoms with Gasteiger partial charge in [-0.15, -0.1) is 11.6 Å². The van der Waals surface area contributed by atoms with E-state index in [1.807, 2.05) is 6.92 Å². The fourth-order valence-corrected chi connectivity index (χ4v) is 3.43. The molecule has 0 bridgehead atoms. The summed E-state index contributed by atoms with van der Waals surface area (Å²) in [5, 5.41) is -0.0336. The third-order valence-corrected chi connectivity index (χ3v) is 4.44. The molecule has 1 aromatic heterocycles. The van der Waals surface area contributed by atoms with E-state index in [0.29, 0.717) is 6.04 Å². The lowest BCUT2D eigenvalue weighted by atomic mass is 9.95. The Bertz CT molecular complexity index is 580. The van der Waals surface area contributed by atoms with Crippen molar-refractivity contribution in [3.05, 3.63) is 29.6 Å². The Labute approximate surface area is 119 Å². The zero-order valence-electron chi connectivity index (χ0n) is 11.7. The molecular weight excluding hydrogens is 256 g/mol. The van der Waals surface area contributed by atoms with Crippen LogP contribution in [0.2, 0.25) is 0 Å². The van der Waals surface area contributed by atoms with Crippen LogP contribution in [0, 0.1) is 6.92 Å². The fraction of sp³-hybridized carbons (Fsp3) is 0.562. The Morgan fingerprint density at radius 2 is 2.00 bits per heavy atom. The first kappa shape index (κ1) is 13.0. The molecule has 0 amide bonds. The topological polar surface area (TPSA) is 17.8 Å². The van der Waals surface area contributed by atoms with E-state index in [0.717, 1.165) is 11.3 Å². The second kappa shape index (κ2) is 5.16. The van der Waals surface area contributed by atoms with Crippen molar-refractivity contribution in [2.75, 3.05) is 0 Å². The molecule has 0 spiro atoms. The van der Waals surface area contributed by atoms with Crippen LogP contribution in [0.25, 0.3) is 11.0 Å². The van der Waals surface area contributed by atoms with Gasteiger partial charge in [0.25, 0.3) is 0 Å². The smallest absolute Gasteiger partial charge is 0.127 e. The van der Waals surface area contributed by atoms with Gasteiger partial charge in [0.1, 0.15) is 5.82 Å². The third-order valence-electron chi connectivity index (χ3n) is 4.24. The Morgan fingerprint density at radius 1 is 1.26 bits per heavy atom. The minimum atomic E-state index is -0.0336. The van der Waals surface area contributed by atoms with Crippen molar-refractivity contribution >= 4 is 22.6 Å². The van der Waals surface area contributed by atoms with Crippen LogP contribution in [0.4, 0.5) is 0 Å². The maximum Gasteiger partial charge on any atom is 0.127 e. The predicted octanol–water partition coefficient (Wildman–Crippen LogP) is 5.15. The number of halogens is 1. The molecule has 19 heavy (non-hydrogen) atoms. The van der Waals surface area contributed by atoms with E-state index in [9.17, 15) is 0 Å². The number of rotatable bonds is 2. The number of alkyl halides is 1. The van der Waals surface area contributed by atoms with Crippen molar-refractivity contribution < 1.29 is 0 Å². The summed E-state index contributed by atoms with van der Waals surface area (Å²) in [7, 11) is 0. The van der Waals surface area contributed by atoms with Gasteiger partial charge >= 0.3 is 0 Å². The van der Waals surface area contributed by atoms with Gasteiger partial charge in [-0.1, -0.05) is 31.4 Å². The molecule has 2 nitrogen and oxygen atoms in total. The number of aromatic nitrogens is 2. The minimum Gasteiger partial charge on any atom is -0.324 e. The molecule has 0 saturated heterocycles. The summed E-state index contributed by atoms with van der Waals surface area (Å²) in [6.07, 6.45) is 6.54. The van der Waals surface area contributed by atoms with Gasteiger partial charge in [-0.2, -0.15) is 0 Å². The average molecular weight is 277 g/mol. The highest BCUT2D eigenvalue weighted by atomic mass is 35.5. The van der Waals surface area contributed by atoms with E-state index in [1.54, 1.807) is 0 Å². The van der Waals surface area contributed by atoms with Gasteiger partial charge in [-0.25, -0.2) is 4.98 Å². The van der Waals surface area contributed by atoms with Gasteiger partial charge in [0.05, 0.1) is 16.4 Å². The van der Waals surface area contributed by atoms with E-state index in [-0.39, 0.29) is 5.38 Å². The van der Waals surface area contributed by atoms with Crippen LogP contribution < -0.4 is 0 Å². The second-order valence-corrected chi connectivity index (χ2v) is 6.35. The summed E-state index contributed by atoms with van der Waals surface area (Å²) in [5.74, 6) is 1.04. The molecule has 1 fully saturated rings. The SMILES string of the molecule is Cc1cccc2c1nc(C(C)Cl)n2C1CCCCC1. The van der Waals surface area contributed by atoms with Crippen molar-refractivity contribution in [2.24, 2.45) is 0 Å². The summed E-state index contributed by atoms with van der Waals surface area (Å²) < 4.78 is 2.42. The van der Waals surface area contributed by atoms with Gasteiger partial charge < -0.3 is 4.57 Å². The molecule has 1 aromatic carbocycles. The van der Waals surface area contributed by atoms with Gasteiger partial charge in [0.15, 0.2) is 0 Å². The molecule has 102 valence electrons. The van der Waals surface area contributed by atoms with Crippen LogP contribution in [0.15, 0.2) is 18.2 Å². The molecule has 3 heteroatoms. The Morgan fingerprint density at radius 3 is 2.68 bits per heavy atom. The second-order valence-electron chi connectivity index (χ2n) is 5.69. The van der Waals surface area contributed by atoms with Gasteiger partial charge in [-0.3, -0.25) is 0 Å². The van der Waals surface area contributed by atoms with Crippen molar-refractivity contribution in [1.29, 1.82) is 0 Å². The number of benzene rings is 1. The molecule has 1 heterocycles. The van der Waals surface area contributed by atoms with Crippen molar-refractivity contribution in [1.82, 2.24) is 9.55 Å². The minimum absolute atomic E-state index is 0.0336. The van der Waals surface area contributed by atoms with Crippen LogP contribution in [-0.4, -0.2) is 9.55 Å². The first-order chi connectivity index (χ1) is 9.18. The van der Waals surface area contributed by atoms with Crippen LogP contribution >= 0.6 is 11.6 Å². The lowest BCUT2D eigenvalue weighted by Crippen LogP contribution is -2.15. The van der Waals surface area contributed by atoms with E-state index >= 15 is 0 Å². The Kier molecular flexibility index (Phi) is 3.53. The molecule has 1 unspecified atom stereocenters. The van der Waals surface area contributed by atoms with Gasteiger partial charge in [-0.05, 0) is 38.3 Å². The maximum atomic E-state index is 6.37. The van der Waals surface area contributed by atoms with E-state index in [4.69, 9.17) is 16.6 Å². The van der Waals surface area contributed by atoms with E-state index in [1.165, 1.54) is 43.2 Å². The molecule has 1 aliphatic carbocycles. The zero-order chi connectivity index (χ0) is 13.4. The first-order valence-electron chi connectivity index (χ1n) is 7.30. The Hall–Kier alpha value is -1.02. The molecule has 0 N–H and O–H groups in total. The normalized spacial score (nSPS) is 18.9. The van der Waals surface area contributed by atoms with Crippen LogP contribution in [0.3, 0.4) is 0 Å². The van der Waals surface area contributed by atoms with Crippen molar-refractivity contribution in [3.8, 4) is 0 Å². The summed E-state index contributed by atoms with van der Waals surface area (Å²) in [4.78, 5) is 4.82. The molecule has 0 aliphatic heterocycles. The standard InChI is InChI=1S/C16H21ClN2/c1-11-7-6-10-14-15(11)18-16(12(2)17)19(14)13-8-4-3-5-9-13/h6-7,10,12-13H,3-5,8-9H2,1-2H3. The van der Waals surface area contributed by atoms with Crippen LogP contribution in [0.1, 0.15) is 61.8 Å². The number of imidazole rings is 1. The highest BCUT2D eigenvalue weighted by molar-refractivity contribution is 6.20. The summed E-state index contributed by atoms with van der Waals surface area (Å²) >= 11 is 6.37. The largest absolute Gasteiger partial charge is 0.324 e. The first-order valence-corrected chi connectivity index (χ1v) is 7.73. The number of hydrogen-bond acceptors (Lipinski definition) is 1. The highest BCUT2D eigenvalue weighted by Crippen LogP contribution is 2.35. The molecule has 2 aromatic rings. The molecule has 1 saturated carbocycles. The van der Waals surface area contributed by atoms with E-state index < -0.39 is 0 Å². The number of aryl methyl sites for hydroxylation is 1. The quantitative estimate of drug-likeness (QED) is 0.694. The van der Waals surface area contributed by atoms with Crippen LogP contribution in [0.5, 0.6) is 0 Å². The average Bonchev–Trinajstić information content (AvgIpc) is 2.81. The van der Waals surface area contributed by atoms with Crippen LogP contribution in [-0.2, 0) is 0 Å². The lowest BCUT2D eigenvalue weighted by molar-refractivity contribution is 0.352. The van der Waals surface area contributed by atoms with E-state index in [2.05, 4.69) is 29.7 Å². The third kappa shape index (κ3) is 2.27. The predicted molar refractivity (Wildman–Crippen MR) is 80.9 cm³/mol. The zero-order valence-corrected chi connectivity index (χ0v) is 12.5. The number of hydrogen-bond donors (Lipinski definition) is 0. The number of fused-ring (bicyclic) bond motifs is 1. The van der Waals surface area contributed by atoms with Gasteiger partial charge in [0, 0.05) is 6.04 Å². The van der Waals surface area contributed by atoms with Crippen molar-refractivity contribution in [3.63, 3.8) is 0 Å². The maximum absolute atomic E-state index is 6.37.